The fourth-order valence-corrected chi connectivity index (χ4v) is 1.75. The highest BCUT2D eigenvalue weighted by Crippen LogP contribution is 2.22. The van der Waals surface area contributed by atoms with Crippen molar-refractivity contribution in [3.8, 4) is 0 Å². The minimum Gasteiger partial charge on any atom is -0.474 e. The highest BCUT2D eigenvalue weighted by molar-refractivity contribution is 5.93. The molecule has 1 aromatic heterocycles. The molecular formula is C13H17N3O. The summed E-state index contributed by atoms with van der Waals surface area (Å²) in [6.45, 7) is 4.60. The summed E-state index contributed by atoms with van der Waals surface area (Å²) < 4.78 is 5.53. The molecule has 0 fully saturated rings. The quantitative estimate of drug-likeness (QED) is 0.845. The molecule has 0 radical (unpaired) electrons. The standard InChI is InChI=1S/C13H17N3O/c1-9(2)17-13-12(14)7-11(8-16-13)10-3-5-15-6-4-10/h3-7,9,11H,8,14H2,1-2H3. The molecule has 90 valence electrons. The van der Waals surface area contributed by atoms with Crippen molar-refractivity contribution in [2.75, 3.05) is 6.54 Å². The van der Waals surface area contributed by atoms with Crippen LogP contribution in [0.5, 0.6) is 0 Å². The first kappa shape index (κ1) is 11.6. The number of dihydropyridines is 1. The summed E-state index contributed by atoms with van der Waals surface area (Å²) >= 11 is 0. The Morgan fingerprint density at radius 1 is 1.35 bits per heavy atom. The van der Waals surface area contributed by atoms with E-state index in [1.54, 1.807) is 12.4 Å². The minimum atomic E-state index is 0.0955. The zero-order valence-corrected chi connectivity index (χ0v) is 10.1. The summed E-state index contributed by atoms with van der Waals surface area (Å²) in [5, 5.41) is 0. The lowest BCUT2D eigenvalue weighted by molar-refractivity contribution is 0.226. The van der Waals surface area contributed by atoms with Crippen LogP contribution in [0.15, 0.2) is 41.3 Å². The van der Waals surface area contributed by atoms with Crippen LogP contribution in [-0.2, 0) is 4.74 Å². The SMILES string of the molecule is CC(C)OC1=NCC(c2ccncc2)C=C1N. The van der Waals surface area contributed by atoms with Crippen molar-refractivity contribution < 1.29 is 4.74 Å². The summed E-state index contributed by atoms with van der Waals surface area (Å²) in [6, 6.07) is 3.97. The van der Waals surface area contributed by atoms with Gasteiger partial charge in [0.1, 0.15) is 0 Å². The number of aliphatic imine (C=N–C) groups is 1. The van der Waals surface area contributed by atoms with E-state index < -0.39 is 0 Å². The third-order valence-corrected chi connectivity index (χ3v) is 2.54. The lowest BCUT2D eigenvalue weighted by Crippen LogP contribution is -2.24. The predicted octanol–water partition coefficient (Wildman–Crippen LogP) is 1.84. The largest absolute Gasteiger partial charge is 0.474 e. The average Bonchev–Trinajstić information content (AvgIpc) is 2.32. The molecule has 4 heteroatoms. The third-order valence-electron chi connectivity index (χ3n) is 2.54. The van der Waals surface area contributed by atoms with E-state index in [1.807, 2.05) is 32.1 Å². The van der Waals surface area contributed by atoms with Gasteiger partial charge in [0.15, 0.2) is 0 Å². The van der Waals surface area contributed by atoms with Crippen LogP contribution in [-0.4, -0.2) is 23.5 Å². The van der Waals surface area contributed by atoms with Gasteiger partial charge in [-0.3, -0.25) is 4.98 Å². The van der Waals surface area contributed by atoms with Crippen molar-refractivity contribution in [3.63, 3.8) is 0 Å². The fraction of sp³-hybridized carbons (Fsp3) is 0.385. The van der Waals surface area contributed by atoms with Gasteiger partial charge in [0, 0.05) is 18.3 Å². The van der Waals surface area contributed by atoms with Gasteiger partial charge in [-0.2, -0.15) is 0 Å². The van der Waals surface area contributed by atoms with Crippen molar-refractivity contribution in [1.29, 1.82) is 0 Å². The minimum absolute atomic E-state index is 0.0955. The average molecular weight is 231 g/mol. The Hall–Kier alpha value is -1.84. The van der Waals surface area contributed by atoms with Crippen LogP contribution >= 0.6 is 0 Å². The molecule has 1 aliphatic rings. The lowest BCUT2D eigenvalue weighted by atomic mass is 9.97. The van der Waals surface area contributed by atoms with Gasteiger partial charge in [0.05, 0.1) is 18.3 Å². The number of hydrogen-bond acceptors (Lipinski definition) is 4. The maximum atomic E-state index is 5.94. The van der Waals surface area contributed by atoms with E-state index in [4.69, 9.17) is 10.5 Å². The van der Waals surface area contributed by atoms with E-state index >= 15 is 0 Å². The van der Waals surface area contributed by atoms with E-state index in [0.717, 1.165) is 0 Å². The van der Waals surface area contributed by atoms with Gasteiger partial charge in [-0.15, -0.1) is 0 Å². The molecule has 0 spiro atoms. The van der Waals surface area contributed by atoms with Gasteiger partial charge < -0.3 is 10.5 Å². The van der Waals surface area contributed by atoms with Crippen molar-refractivity contribution in [1.82, 2.24) is 4.98 Å². The van der Waals surface area contributed by atoms with Gasteiger partial charge in [0.25, 0.3) is 0 Å². The molecule has 1 atom stereocenters. The summed E-state index contributed by atoms with van der Waals surface area (Å²) in [5.41, 5.74) is 7.74. The molecule has 1 aromatic rings. The van der Waals surface area contributed by atoms with Gasteiger partial charge in [0.2, 0.25) is 5.90 Å². The number of rotatable bonds is 2. The second-order valence-corrected chi connectivity index (χ2v) is 4.32. The van der Waals surface area contributed by atoms with Crippen LogP contribution in [0, 0.1) is 0 Å². The summed E-state index contributed by atoms with van der Waals surface area (Å²) in [4.78, 5) is 8.39. The molecule has 4 nitrogen and oxygen atoms in total. The van der Waals surface area contributed by atoms with Crippen LogP contribution < -0.4 is 5.73 Å². The monoisotopic (exact) mass is 231 g/mol. The molecule has 0 saturated carbocycles. The Bertz CT molecular complexity index is 437. The molecule has 2 N–H and O–H groups in total. The smallest absolute Gasteiger partial charge is 0.232 e. The maximum absolute atomic E-state index is 5.94. The van der Waals surface area contributed by atoms with E-state index in [2.05, 4.69) is 9.98 Å². The van der Waals surface area contributed by atoms with Crippen LogP contribution in [0.2, 0.25) is 0 Å². The van der Waals surface area contributed by atoms with Crippen LogP contribution in [0.1, 0.15) is 25.3 Å². The Balaban J connectivity index is 2.12. The first-order valence-corrected chi connectivity index (χ1v) is 5.75. The van der Waals surface area contributed by atoms with Crippen LogP contribution in [0.4, 0.5) is 0 Å². The maximum Gasteiger partial charge on any atom is 0.232 e. The summed E-state index contributed by atoms with van der Waals surface area (Å²) in [7, 11) is 0. The van der Waals surface area contributed by atoms with Crippen molar-refractivity contribution >= 4 is 5.90 Å². The zero-order valence-electron chi connectivity index (χ0n) is 10.1. The Morgan fingerprint density at radius 2 is 2.06 bits per heavy atom. The molecule has 0 aromatic carbocycles. The van der Waals surface area contributed by atoms with Gasteiger partial charge in [-0.25, -0.2) is 4.99 Å². The van der Waals surface area contributed by atoms with Crippen molar-refractivity contribution in [2.45, 2.75) is 25.9 Å². The number of pyridine rings is 1. The lowest BCUT2D eigenvalue weighted by Gasteiger charge is -2.20. The predicted molar refractivity (Wildman–Crippen MR) is 67.8 cm³/mol. The number of nitrogens with zero attached hydrogens (tertiary/aromatic N) is 2. The zero-order chi connectivity index (χ0) is 12.3. The van der Waals surface area contributed by atoms with Crippen LogP contribution in [0.3, 0.4) is 0 Å². The molecule has 0 amide bonds. The second-order valence-electron chi connectivity index (χ2n) is 4.32. The van der Waals surface area contributed by atoms with E-state index in [0.29, 0.717) is 18.1 Å². The molecule has 1 aliphatic heterocycles. The first-order chi connectivity index (χ1) is 8.16. The molecule has 17 heavy (non-hydrogen) atoms. The topological polar surface area (TPSA) is 60.5 Å². The number of hydrogen-bond donors (Lipinski definition) is 1. The number of nitrogens with two attached hydrogens (primary N) is 1. The normalized spacial score (nSPS) is 19.8. The summed E-state index contributed by atoms with van der Waals surface area (Å²) in [6.07, 6.45) is 5.66. The molecule has 1 unspecified atom stereocenters. The summed E-state index contributed by atoms with van der Waals surface area (Å²) in [5.74, 6) is 0.780. The number of aromatic nitrogens is 1. The van der Waals surface area contributed by atoms with Gasteiger partial charge >= 0.3 is 0 Å². The Labute approximate surface area is 101 Å². The molecule has 2 heterocycles. The molecular weight excluding hydrogens is 214 g/mol. The third kappa shape index (κ3) is 2.84. The Morgan fingerprint density at radius 3 is 2.65 bits per heavy atom. The van der Waals surface area contributed by atoms with Gasteiger partial charge in [-0.05, 0) is 37.6 Å². The van der Waals surface area contributed by atoms with Crippen molar-refractivity contribution in [3.05, 3.63) is 41.9 Å². The Kier molecular flexibility index (Phi) is 3.42. The highest BCUT2D eigenvalue weighted by atomic mass is 16.5. The molecule has 2 rings (SSSR count). The van der Waals surface area contributed by atoms with Crippen LogP contribution in [0.25, 0.3) is 0 Å². The highest BCUT2D eigenvalue weighted by Gasteiger charge is 2.18. The van der Waals surface area contributed by atoms with E-state index in [9.17, 15) is 0 Å². The fourth-order valence-electron chi connectivity index (χ4n) is 1.75. The molecule has 0 aliphatic carbocycles. The molecule has 0 bridgehead atoms. The van der Waals surface area contributed by atoms with E-state index in [-0.39, 0.29) is 12.0 Å². The molecule has 0 saturated heterocycles. The van der Waals surface area contributed by atoms with Gasteiger partial charge in [-0.1, -0.05) is 0 Å². The second kappa shape index (κ2) is 4.99. The van der Waals surface area contributed by atoms with E-state index in [1.165, 1.54) is 5.56 Å². The number of ether oxygens (including phenoxy) is 1. The first-order valence-electron chi connectivity index (χ1n) is 5.75. The van der Waals surface area contributed by atoms with Crippen molar-refractivity contribution in [2.24, 2.45) is 10.7 Å².